The number of carbonyl (C=O) groups is 1. The van der Waals surface area contributed by atoms with Crippen LogP contribution in [0.3, 0.4) is 0 Å². The van der Waals surface area contributed by atoms with E-state index in [4.69, 9.17) is 5.11 Å². The number of hydrogen-bond acceptors (Lipinski definition) is 2. The molecule has 1 aromatic carbocycles. The zero-order chi connectivity index (χ0) is 15.5. The maximum atomic E-state index is 13.0. The number of carboxylic acid groups (broad SMARTS) is 1. The van der Waals surface area contributed by atoms with Crippen LogP contribution in [0.25, 0.3) is 0 Å². The minimum absolute atomic E-state index is 0.290. The molecular weight excluding hydrogens is 278 g/mol. The molecule has 3 nitrogen and oxygen atoms in total. The van der Waals surface area contributed by atoms with E-state index in [1.165, 1.54) is 0 Å². The SMILES string of the molecule is CCC(C)NC(C(=O)O)c1ccc(F)cc1C(F)(F)F. The van der Waals surface area contributed by atoms with Crippen LogP contribution in [0.5, 0.6) is 0 Å². The average molecular weight is 293 g/mol. The van der Waals surface area contributed by atoms with E-state index in [0.717, 1.165) is 12.1 Å². The molecule has 0 bridgehead atoms. The number of alkyl halides is 3. The van der Waals surface area contributed by atoms with E-state index in [-0.39, 0.29) is 6.04 Å². The molecule has 20 heavy (non-hydrogen) atoms. The summed E-state index contributed by atoms with van der Waals surface area (Å²) in [6.07, 6.45) is -4.27. The van der Waals surface area contributed by atoms with Crippen LogP contribution < -0.4 is 5.32 Å². The Morgan fingerprint density at radius 2 is 2.00 bits per heavy atom. The maximum Gasteiger partial charge on any atom is 0.416 e. The van der Waals surface area contributed by atoms with Crippen LogP contribution in [-0.4, -0.2) is 17.1 Å². The highest BCUT2D eigenvalue weighted by molar-refractivity contribution is 5.76. The molecule has 7 heteroatoms. The highest BCUT2D eigenvalue weighted by atomic mass is 19.4. The highest BCUT2D eigenvalue weighted by Gasteiger charge is 2.37. The van der Waals surface area contributed by atoms with Gasteiger partial charge in [-0.2, -0.15) is 13.2 Å². The van der Waals surface area contributed by atoms with Gasteiger partial charge in [0, 0.05) is 6.04 Å². The first-order chi connectivity index (χ1) is 9.16. The molecule has 112 valence electrons. The molecule has 0 amide bonds. The summed E-state index contributed by atoms with van der Waals surface area (Å²) in [7, 11) is 0. The Kier molecular flexibility index (Phi) is 5.10. The second-order valence-corrected chi connectivity index (χ2v) is 4.48. The average Bonchev–Trinajstić information content (AvgIpc) is 2.34. The molecule has 0 fully saturated rings. The number of nitrogens with one attached hydrogen (secondary N) is 1. The number of aliphatic carboxylic acids is 1. The maximum absolute atomic E-state index is 13.0. The van der Waals surface area contributed by atoms with E-state index in [1.54, 1.807) is 13.8 Å². The second kappa shape index (κ2) is 6.21. The summed E-state index contributed by atoms with van der Waals surface area (Å²) in [6.45, 7) is 3.43. The van der Waals surface area contributed by atoms with E-state index >= 15 is 0 Å². The number of benzene rings is 1. The van der Waals surface area contributed by atoms with Crippen LogP contribution in [0.1, 0.15) is 37.4 Å². The molecule has 1 aromatic rings. The standard InChI is InChI=1S/C13H15F4NO2/c1-3-7(2)18-11(12(19)20)9-5-4-8(14)6-10(9)13(15,16)17/h4-7,11,18H,3H2,1-2H3,(H,19,20). The summed E-state index contributed by atoms with van der Waals surface area (Å²) in [5.74, 6) is -2.50. The molecular formula is C13H15F4NO2. The smallest absolute Gasteiger partial charge is 0.416 e. The largest absolute Gasteiger partial charge is 0.480 e. The Hall–Kier alpha value is -1.63. The zero-order valence-electron chi connectivity index (χ0n) is 11.0. The van der Waals surface area contributed by atoms with E-state index in [2.05, 4.69) is 5.32 Å². The van der Waals surface area contributed by atoms with Crippen LogP contribution in [0, 0.1) is 5.82 Å². The Bertz CT molecular complexity index is 488. The fourth-order valence-electron chi connectivity index (χ4n) is 1.72. The van der Waals surface area contributed by atoms with Gasteiger partial charge in [-0.25, -0.2) is 4.39 Å². The first kappa shape index (κ1) is 16.4. The predicted molar refractivity (Wildman–Crippen MR) is 64.7 cm³/mol. The lowest BCUT2D eigenvalue weighted by Gasteiger charge is -2.22. The van der Waals surface area contributed by atoms with Crippen molar-refractivity contribution in [3.8, 4) is 0 Å². The van der Waals surface area contributed by atoms with E-state index in [1.807, 2.05) is 0 Å². The second-order valence-electron chi connectivity index (χ2n) is 4.48. The molecule has 0 aliphatic rings. The first-order valence-electron chi connectivity index (χ1n) is 6.02. The summed E-state index contributed by atoms with van der Waals surface area (Å²) < 4.78 is 51.7. The monoisotopic (exact) mass is 293 g/mol. The van der Waals surface area contributed by atoms with Crippen molar-refractivity contribution in [2.24, 2.45) is 0 Å². The van der Waals surface area contributed by atoms with Gasteiger partial charge in [-0.1, -0.05) is 13.0 Å². The van der Waals surface area contributed by atoms with Gasteiger partial charge in [0.15, 0.2) is 0 Å². The lowest BCUT2D eigenvalue weighted by Crippen LogP contribution is -2.36. The van der Waals surface area contributed by atoms with Crippen LogP contribution in [0.15, 0.2) is 18.2 Å². The van der Waals surface area contributed by atoms with E-state index in [0.29, 0.717) is 12.5 Å². The van der Waals surface area contributed by atoms with Gasteiger partial charge >= 0.3 is 12.1 Å². The topological polar surface area (TPSA) is 49.3 Å². The van der Waals surface area contributed by atoms with Gasteiger partial charge in [-0.15, -0.1) is 0 Å². The number of rotatable bonds is 5. The van der Waals surface area contributed by atoms with Crippen molar-refractivity contribution in [3.05, 3.63) is 35.1 Å². The van der Waals surface area contributed by atoms with Crippen molar-refractivity contribution in [3.63, 3.8) is 0 Å². The van der Waals surface area contributed by atoms with Gasteiger partial charge < -0.3 is 5.11 Å². The summed E-state index contributed by atoms with van der Waals surface area (Å²) >= 11 is 0. The molecule has 0 aromatic heterocycles. The summed E-state index contributed by atoms with van der Waals surface area (Å²) in [5.41, 5.74) is -1.77. The molecule has 1 rings (SSSR count). The third kappa shape index (κ3) is 3.93. The van der Waals surface area contributed by atoms with E-state index in [9.17, 15) is 22.4 Å². The predicted octanol–water partition coefficient (Wildman–Crippen LogP) is 3.36. The summed E-state index contributed by atoms with van der Waals surface area (Å²) in [6, 6.07) is 0.152. The van der Waals surface area contributed by atoms with Crippen molar-refractivity contribution in [1.82, 2.24) is 5.32 Å². The van der Waals surface area contributed by atoms with Crippen molar-refractivity contribution < 1.29 is 27.5 Å². The summed E-state index contributed by atoms with van der Waals surface area (Å²) in [4.78, 5) is 11.2. The van der Waals surface area contributed by atoms with Crippen LogP contribution >= 0.6 is 0 Å². The van der Waals surface area contributed by atoms with Crippen LogP contribution in [0.4, 0.5) is 17.6 Å². The van der Waals surface area contributed by atoms with Gasteiger partial charge in [-0.3, -0.25) is 10.1 Å². The van der Waals surface area contributed by atoms with Gasteiger partial charge in [0.25, 0.3) is 0 Å². The molecule has 0 radical (unpaired) electrons. The Balaban J connectivity index is 3.30. The minimum Gasteiger partial charge on any atom is -0.480 e. The fraction of sp³-hybridized carbons (Fsp3) is 0.462. The highest BCUT2D eigenvalue weighted by Crippen LogP contribution is 2.35. The van der Waals surface area contributed by atoms with Gasteiger partial charge in [0.05, 0.1) is 5.56 Å². The van der Waals surface area contributed by atoms with Crippen LogP contribution in [-0.2, 0) is 11.0 Å². The summed E-state index contributed by atoms with van der Waals surface area (Å²) in [5, 5.41) is 11.7. The molecule has 0 saturated heterocycles. The molecule has 0 spiro atoms. The Morgan fingerprint density at radius 3 is 2.45 bits per heavy atom. The number of carboxylic acids is 1. The lowest BCUT2D eigenvalue weighted by molar-refractivity contribution is -0.142. The normalized spacial score (nSPS) is 14.9. The molecule has 0 heterocycles. The molecule has 2 N–H and O–H groups in total. The third-order valence-electron chi connectivity index (χ3n) is 2.94. The Labute approximate surface area is 113 Å². The molecule has 0 saturated carbocycles. The first-order valence-corrected chi connectivity index (χ1v) is 6.02. The van der Waals surface area contributed by atoms with Crippen LogP contribution in [0.2, 0.25) is 0 Å². The third-order valence-corrected chi connectivity index (χ3v) is 2.94. The van der Waals surface area contributed by atoms with E-state index < -0.39 is 35.1 Å². The van der Waals surface area contributed by atoms with Gasteiger partial charge in [0.2, 0.25) is 0 Å². The minimum atomic E-state index is -4.82. The van der Waals surface area contributed by atoms with Crippen molar-refractivity contribution >= 4 is 5.97 Å². The Morgan fingerprint density at radius 1 is 1.40 bits per heavy atom. The van der Waals surface area contributed by atoms with Crippen molar-refractivity contribution in [2.45, 2.75) is 38.5 Å². The number of halogens is 4. The van der Waals surface area contributed by atoms with Gasteiger partial charge in [0.1, 0.15) is 11.9 Å². The number of hydrogen-bond donors (Lipinski definition) is 2. The quantitative estimate of drug-likeness (QED) is 0.818. The van der Waals surface area contributed by atoms with Crippen molar-refractivity contribution in [1.29, 1.82) is 0 Å². The molecule has 2 atom stereocenters. The lowest BCUT2D eigenvalue weighted by atomic mass is 9.98. The van der Waals surface area contributed by atoms with Crippen molar-refractivity contribution in [2.75, 3.05) is 0 Å². The fourth-order valence-corrected chi connectivity index (χ4v) is 1.72. The molecule has 0 aliphatic carbocycles. The molecule has 2 unspecified atom stereocenters. The van der Waals surface area contributed by atoms with Gasteiger partial charge in [-0.05, 0) is 31.0 Å². The molecule has 0 aliphatic heterocycles. The zero-order valence-corrected chi connectivity index (χ0v) is 11.0.